The van der Waals surface area contributed by atoms with E-state index in [9.17, 15) is 14.4 Å². The fourth-order valence-corrected chi connectivity index (χ4v) is 2.64. The van der Waals surface area contributed by atoms with Crippen LogP contribution in [0, 0.1) is 0 Å². The third kappa shape index (κ3) is 5.22. The molecular formula is C20H24N4O5. The predicted octanol–water partition coefficient (Wildman–Crippen LogP) is 1.53. The molecule has 2 rings (SSSR count). The Hall–Kier alpha value is -3.62. The van der Waals surface area contributed by atoms with Gasteiger partial charge in [0.25, 0.3) is 5.56 Å². The minimum Gasteiger partial charge on any atom is -0.466 e. The Kier molecular flexibility index (Phi) is 7.53. The highest BCUT2D eigenvalue weighted by molar-refractivity contribution is 5.96. The van der Waals surface area contributed by atoms with Crippen LogP contribution in [0.2, 0.25) is 0 Å². The number of esters is 2. The lowest BCUT2D eigenvalue weighted by atomic mass is 10.3. The molecule has 0 amide bonds. The van der Waals surface area contributed by atoms with Crippen LogP contribution in [-0.4, -0.2) is 54.5 Å². The molecule has 0 radical (unpaired) electrons. The van der Waals surface area contributed by atoms with Crippen LogP contribution in [0.25, 0.3) is 5.69 Å². The number of carbonyl (C=O) groups excluding carboxylic acids is 2. The zero-order chi connectivity index (χ0) is 21.4. The fourth-order valence-electron chi connectivity index (χ4n) is 2.64. The van der Waals surface area contributed by atoms with E-state index in [1.807, 2.05) is 25.1 Å². The van der Waals surface area contributed by atoms with E-state index in [1.165, 1.54) is 36.2 Å². The second-order valence-corrected chi connectivity index (χ2v) is 5.99. The average molecular weight is 400 g/mol. The quantitative estimate of drug-likeness (QED) is 0.374. The highest BCUT2D eigenvalue weighted by Gasteiger charge is 2.24. The normalized spacial score (nSPS) is 11.0. The van der Waals surface area contributed by atoms with Crippen molar-refractivity contribution in [1.29, 1.82) is 0 Å². The number of benzene rings is 1. The molecule has 9 heteroatoms. The number of hydrazine groups is 1. The van der Waals surface area contributed by atoms with Crippen LogP contribution < -0.4 is 10.6 Å². The molecule has 0 atom stereocenters. The molecule has 154 valence electrons. The number of hydrogen-bond acceptors (Lipinski definition) is 8. The second-order valence-electron chi connectivity index (χ2n) is 5.99. The van der Waals surface area contributed by atoms with Crippen LogP contribution in [0.15, 0.2) is 59.2 Å². The van der Waals surface area contributed by atoms with Gasteiger partial charge in [0.05, 0.1) is 37.9 Å². The van der Waals surface area contributed by atoms with E-state index in [2.05, 4.69) is 9.84 Å². The maximum Gasteiger partial charge on any atom is 0.356 e. The maximum atomic E-state index is 12.6. The Morgan fingerprint density at radius 1 is 1.17 bits per heavy atom. The second kappa shape index (κ2) is 10.1. The van der Waals surface area contributed by atoms with Crippen molar-refractivity contribution in [3.63, 3.8) is 0 Å². The first-order chi connectivity index (χ1) is 13.9. The van der Waals surface area contributed by atoms with E-state index < -0.39 is 11.9 Å². The van der Waals surface area contributed by atoms with Crippen LogP contribution in [0.3, 0.4) is 0 Å². The molecule has 0 aliphatic carbocycles. The standard InChI is InChI=1S/C20H24N4O5/c1-5-11-23(17(20(27)29-4)13-19(26)28-3)22(2)16-12-18(25)24(21-14-16)15-9-7-6-8-10-15/h6-10,12-14H,5,11H2,1-4H3/b17-13+. The molecule has 9 nitrogen and oxygen atoms in total. The van der Waals surface area contributed by atoms with Gasteiger partial charge in [-0.1, -0.05) is 25.1 Å². The SMILES string of the molecule is CCCN(/C(=C/C(=O)OC)C(=O)OC)N(C)c1cnn(-c2ccccc2)c(=O)c1. The van der Waals surface area contributed by atoms with Crippen molar-refractivity contribution in [2.24, 2.45) is 0 Å². The smallest absolute Gasteiger partial charge is 0.356 e. The summed E-state index contributed by atoms with van der Waals surface area (Å²) in [5, 5.41) is 7.32. The molecule has 0 saturated heterocycles. The van der Waals surface area contributed by atoms with Crippen LogP contribution in [0.5, 0.6) is 0 Å². The van der Waals surface area contributed by atoms with E-state index in [-0.39, 0.29) is 11.3 Å². The zero-order valence-corrected chi connectivity index (χ0v) is 16.9. The summed E-state index contributed by atoms with van der Waals surface area (Å²) in [4.78, 5) is 36.6. The number of hydrogen-bond donors (Lipinski definition) is 0. The number of rotatable bonds is 8. The van der Waals surface area contributed by atoms with E-state index in [4.69, 9.17) is 4.74 Å². The Bertz CT molecular complexity index is 939. The first-order valence-corrected chi connectivity index (χ1v) is 8.96. The molecule has 0 N–H and O–H groups in total. The van der Waals surface area contributed by atoms with Crippen LogP contribution in [-0.2, 0) is 19.1 Å². The summed E-state index contributed by atoms with van der Waals surface area (Å²) in [7, 11) is 4.10. The van der Waals surface area contributed by atoms with E-state index in [0.717, 1.165) is 6.08 Å². The third-order valence-electron chi connectivity index (χ3n) is 4.09. The van der Waals surface area contributed by atoms with Crippen LogP contribution in [0.4, 0.5) is 5.69 Å². The fraction of sp³-hybridized carbons (Fsp3) is 0.300. The Balaban J connectivity index is 2.44. The molecule has 0 fully saturated rings. The minimum absolute atomic E-state index is 0.0177. The number of carbonyl (C=O) groups is 2. The molecule has 0 unspecified atom stereocenters. The van der Waals surface area contributed by atoms with Gasteiger partial charge in [0.15, 0.2) is 0 Å². The molecule has 1 heterocycles. The highest BCUT2D eigenvalue weighted by atomic mass is 16.5. The van der Waals surface area contributed by atoms with Crippen LogP contribution >= 0.6 is 0 Å². The average Bonchev–Trinajstić information content (AvgIpc) is 2.75. The van der Waals surface area contributed by atoms with Crippen molar-refractivity contribution in [3.8, 4) is 5.69 Å². The van der Waals surface area contributed by atoms with Crippen molar-refractivity contribution in [3.05, 3.63) is 64.7 Å². The molecule has 2 aromatic rings. The van der Waals surface area contributed by atoms with Crippen molar-refractivity contribution in [2.45, 2.75) is 13.3 Å². The molecule has 0 aliphatic heterocycles. The number of anilines is 1. The highest BCUT2D eigenvalue weighted by Crippen LogP contribution is 2.18. The molecule has 1 aromatic carbocycles. The van der Waals surface area contributed by atoms with Crippen molar-refractivity contribution < 1.29 is 19.1 Å². The van der Waals surface area contributed by atoms with Gasteiger partial charge >= 0.3 is 11.9 Å². The molecule has 0 spiro atoms. The van der Waals surface area contributed by atoms with E-state index in [1.54, 1.807) is 24.2 Å². The van der Waals surface area contributed by atoms with Gasteiger partial charge in [-0.25, -0.2) is 9.59 Å². The molecule has 0 aliphatic rings. The first kappa shape index (κ1) is 21.7. The monoisotopic (exact) mass is 400 g/mol. The van der Waals surface area contributed by atoms with Gasteiger partial charge < -0.3 is 9.47 Å². The van der Waals surface area contributed by atoms with Crippen molar-refractivity contribution >= 4 is 17.6 Å². The number of para-hydroxylation sites is 1. The summed E-state index contributed by atoms with van der Waals surface area (Å²) < 4.78 is 10.7. The van der Waals surface area contributed by atoms with Gasteiger partial charge in [0, 0.05) is 19.7 Å². The van der Waals surface area contributed by atoms with Gasteiger partial charge in [0.1, 0.15) is 5.70 Å². The first-order valence-electron chi connectivity index (χ1n) is 8.96. The maximum absolute atomic E-state index is 12.6. The lowest BCUT2D eigenvalue weighted by Gasteiger charge is -2.35. The molecular weight excluding hydrogens is 376 g/mol. The summed E-state index contributed by atoms with van der Waals surface area (Å²) in [5.74, 6) is -1.40. The zero-order valence-electron chi connectivity index (χ0n) is 16.9. The largest absolute Gasteiger partial charge is 0.466 e. The third-order valence-corrected chi connectivity index (χ3v) is 4.09. The van der Waals surface area contributed by atoms with Gasteiger partial charge in [-0.15, -0.1) is 0 Å². The summed E-state index contributed by atoms with van der Waals surface area (Å²) in [6, 6.07) is 10.4. The van der Waals surface area contributed by atoms with Gasteiger partial charge in [-0.2, -0.15) is 9.78 Å². The molecule has 1 aromatic heterocycles. The molecule has 0 bridgehead atoms. The van der Waals surface area contributed by atoms with Gasteiger partial charge in [-0.05, 0) is 18.6 Å². The Morgan fingerprint density at radius 2 is 1.86 bits per heavy atom. The lowest BCUT2D eigenvalue weighted by molar-refractivity contribution is -0.140. The topological polar surface area (TPSA) is 94.0 Å². The molecule has 29 heavy (non-hydrogen) atoms. The van der Waals surface area contributed by atoms with Crippen LogP contribution in [0.1, 0.15) is 13.3 Å². The van der Waals surface area contributed by atoms with Gasteiger partial charge in [-0.3, -0.25) is 14.8 Å². The van der Waals surface area contributed by atoms with Crippen molar-refractivity contribution in [1.82, 2.24) is 14.8 Å². The number of aromatic nitrogens is 2. The summed E-state index contributed by atoms with van der Waals surface area (Å²) in [5.41, 5.74) is 0.720. The van der Waals surface area contributed by atoms with E-state index in [0.29, 0.717) is 24.3 Å². The lowest BCUT2D eigenvalue weighted by Crippen LogP contribution is -2.43. The summed E-state index contributed by atoms with van der Waals surface area (Å²) >= 11 is 0. The van der Waals surface area contributed by atoms with E-state index >= 15 is 0 Å². The summed E-state index contributed by atoms with van der Waals surface area (Å²) in [6.45, 7) is 2.30. The summed E-state index contributed by atoms with van der Waals surface area (Å²) in [6.07, 6.45) is 3.22. The number of methoxy groups -OCH3 is 2. The number of nitrogens with zero attached hydrogens (tertiary/aromatic N) is 4. The Labute approximate surface area is 168 Å². The number of ether oxygens (including phenoxy) is 2. The van der Waals surface area contributed by atoms with Crippen molar-refractivity contribution in [2.75, 3.05) is 32.8 Å². The Morgan fingerprint density at radius 3 is 2.41 bits per heavy atom. The predicted molar refractivity (Wildman–Crippen MR) is 107 cm³/mol. The minimum atomic E-state index is -0.707. The van der Waals surface area contributed by atoms with Gasteiger partial charge in [0.2, 0.25) is 0 Å². The molecule has 0 saturated carbocycles.